The molecule has 2 aliphatic carbocycles. The zero-order chi connectivity index (χ0) is 11.4. The maximum atomic E-state index is 9.90. The Morgan fingerprint density at radius 2 is 1.88 bits per heavy atom. The average Bonchev–Trinajstić information content (AvgIpc) is 2.32. The molecule has 1 N–H and O–H groups in total. The fourth-order valence-corrected chi connectivity index (χ4v) is 3.22. The number of aliphatic hydroxyl groups is 1. The van der Waals surface area contributed by atoms with E-state index < -0.39 is 0 Å². The van der Waals surface area contributed by atoms with E-state index in [4.69, 9.17) is 4.74 Å². The molecule has 16 heavy (non-hydrogen) atoms. The lowest BCUT2D eigenvalue weighted by molar-refractivity contribution is -0.108. The van der Waals surface area contributed by atoms with Gasteiger partial charge in [-0.05, 0) is 31.6 Å². The van der Waals surface area contributed by atoms with E-state index in [1.807, 2.05) is 0 Å². The van der Waals surface area contributed by atoms with E-state index in [-0.39, 0.29) is 12.2 Å². The molecule has 94 valence electrons. The summed E-state index contributed by atoms with van der Waals surface area (Å²) in [7, 11) is 0. The summed E-state index contributed by atoms with van der Waals surface area (Å²) >= 11 is 0. The first kappa shape index (κ1) is 12.4. The molecule has 0 heterocycles. The Balaban J connectivity index is 1.79. The van der Waals surface area contributed by atoms with Gasteiger partial charge in [0.15, 0.2) is 0 Å². The molecule has 2 aliphatic rings. The van der Waals surface area contributed by atoms with Crippen molar-refractivity contribution in [3.8, 4) is 0 Å². The van der Waals surface area contributed by atoms with Crippen LogP contribution in [0.1, 0.15) is 64.7 Å². The van der Waals surface area contributed by atoms with Gasteiger partial charge in [0.2, 0.25) is 0 Å². The molecule has 2 fully saturated rings. The van der Waals surface area contributed by atoms with E-state index >= 15 is 0 Å². The van der Waals surface area contributed by atoms with Crippen molar-refractivity contribution in [1.82, 2.24) is 0 Å². The maximum absolute atomic E-state index is 9.90. The molecule has 0 amide bonds. The van der Waals surface area contributed by atoms with Gasteiger partial charge in [-0.25, -0.2) is 0 Å². The van der Waals surface area contributed by atoms with Crippen LogP contribution < -0.4 is 0 Å². The van der Waals surface area contributed by atoms with Crippen LogP contribution in [0.15, 0.2) is 0 Å². The Morgan fingerprint density at radius 1 is 1.06 bits per heavy atom. The van der Waals surface area contributed by atoms with Gasteiger partial charge in [-0.2, -0.15) is 0 Å². The molecule has 4 atom stereocenters. The maximum Gasteiger partial charge on any atom is 0.0837 e. The monoisotopic (exact) mass is 226 g/mol. The summed E-state index contributed by atoms with van der Waals surface area (Å²) in [6, 6.07) is 0. The van der Waals surface area contributed by atoms with Crippen LogP contribution in [0.5, 0.6) is 0 Å². The lowest BCUT2D eigenvalue weighted by Crippen LogP contribution is -2.37. The summed E-state index contributed by atoms with van der Waals surface area (Å²) in [6.45, 7) is 2.28. The van der Waals surface area contributed by atoms with Gasteiger partial charge in [0.25, 0.3) is 0 Å². The van der Waals surface area contributed by atoms with Gasteiger partial charge in [-0.3, -0.25) is 0 Å². The topological polar surface area (TPSA) is 29.5 Å². The standard InChI is InChI=1S/C14H26O2/c1-2-11-6-5-7-12(10-11)16-14-9-4-3-8-13(14)15/h11-15H,2-10H2,1H3. The van der Waals surface area contributed by atoms with E-state index in [0.29, 0.717) is 6.10 Å². The zero-order valence-corrected chi connectivity index (χ0v) is 10.5. The van der Waals surface area contributed by atoms with Crippen LogP contribution >= 0.6 is 0 Å². The Hall–Kier alpha value is -0.0800. The van der Waals surface area contributed by atoms with E-state index in [1.165, 1.54) is 44.9 Å². The van der Waals surface area contributed by atoms with Gasteiger partial charge in [0.1, 0.15) is 0 Å². The Morgan fingerprint density at radius 3 is 2.62 bits per heavy atom. The highest BCUT2D eigenvalue weighted by atomic mass is 16.5. The quantitative estimate of drug-likeness (QED) is 0.800. The summed E-state index contributed by atoms with van der Waals surface area (Å²) in [6.07, 6.45) is 11.2. The minimum atomic E-state index is -0.198. The summed E-state index contributed by atoms with van der Waals surface area (Å²) in [5.74, 6) is 0.861. The van der Waals surface area contributed by atoms with Gasteiger partial charge in [0.05, 0.1) is 18.3 Å². The van der Waals surface area contributed by atoms with Crippen LogP contribution in [0.2, 0.25) is 0 Å². The van der Waals surface area contributed by atoms with Crippen molar-refractivity contribution in [3.63, 3.8) is 0 Å². The molecule has 2 heteroatoms. The number of hydrogen-bond acceptors (Lipinski definition) is 2. The minimum absolute atomic E-state index is 0.134. The normalized spacial score (nSPS) is 40.9. The van der Waals surface area contributed by atoms with Crippen LogP contribution in [0.4, 0.5) is 0 Å². The second-order valence-electron chi connectivity index (χ2n) is 5.59. The van der Waals surface area contributed by atoms with Gasteiger partial charge >= 0.3 is 0 Å². The van der Waals surface area contributed by atoms with Crippen LogP contribution in [-0.2, 0) is 4.74 Å². The van der Waals surface area contributed by atoms with Crippen LogP contribution in [0.25, 0.3) is 0 Å². The van der Waals surface area contributed by atoms with Crippen molar-refractivity contribution in [1.29, 1.82) is 0 Å². The summed E-state index contributed by atoms with van der Waals surface area (Å²) in [5, 5.41) is 9.90. The Kier molecular flexibility index (Phi) is 4.66. The van der Waals surface area contributed by atoms with Crippen molar-refractivity contribution in [2.24, 2.45) is 5.92 Å². The molecule has 4 unspecified atom stereocenters. The number of aliphatic hydroxyl groups excluding tert-OH is 1. The average molecular weight is 226 g/mol. The second kappa shape index (κ2) is 6.02. The van der Waals surface area contributed by atoms with Gasteiger partial charge in [-0.15, -0.1) is 0 Å². The highest BCUT2D eigenvalue weighted by molar-refractivity contribution is 4.79. The van der Waals surface area contributed by atoms with Crippen molar-refractivity contribution in [2.45, 2.75) is 83.0 Å². The summed E-state index contributed by atoms with van der Waals surface area (Å²) < 4.78 is 6.13. The third kappa shape index (κ3) is 3.21. The molecule has 2 saturated carbocycles. The van der Waals surface area contributed by atoms with E-state index in [9.17, 15) is 5.11 Å². The van der Waals surface area contributed by atoms with Gasteiger partial charge < -0.3 is 9.84 Å². The number of ether oxygens (including phenoxy) is 1. The molecule has 0 aliphatic heterocycles. The Bertz CT molecular complexity index is 205. The molecule has 0 aromatic carbocycles. The predicted molar refractivity (Wildman–Crippen MR) is 65.4 cm³/mol. The first-order chi connectivity index (χ1) is 7.79. The van der Waals surface area contributed by atoms with Gasteiger partial charge in [-0.1, -0.05) is 39.0 Å². The molecule has 0 saturated heterocycles. The lowest BCUT2D eigenvalue weighted by atomic mass is 9.85. The molecule has 2 rings (SSSR count). The molecular formula is C14H26O2. The smallest absolute Gasteiger partial charge is 0.0837 e. The fraction of sp³-hybridized carbons (Fsp3) is 1.00. The predicted octanol–water partition coefficient (Wildman–Crippen LogP) is 3.28. The van der Waals surface area contributed by atoms with Crippen molar-refractivity contribution >= 4 is 0 Å². The van der Waals surface area contributed by atoms with Crippen LogP contribution in [0, 0.1) is 5.92 Å². The second-order valence-corrected chi connectivity index (χ2v) is 5.59. The van der Waals surface area contributed by atoms with Crippen molar-refractivity contribution in [3.05, 3.63) is 0 Å². The van der Waals surface area contributed by atoms with Crippen molar-refractivity contribution < 1.29 is 9.84 Å². The molecule has 0 aromatic heterocycles. The SMILES string of the molecule is CCC1CCCC(OC2CCCCC2O)C1. The molecule has 0 spiro atoms. The first-order valence-electron chi connectivity index (χ1n) is 7.13. The van der Waals surface area contributed by atoms with E-state index in [0.717, 1.165) is 18.8 Å². The molecular weight excluding hydrogens is 200 g/mol. The van der Waals surface area contributed by atoms with Crippen molar-refractivity contribution in [2.75, 3.05) is 0 Å². The largest absolute Gasteiger partial charge is 0.390 e. The highest BCUT2D eigenvalue weighted by Crippen LogP contribution is 2.31. The molecule has 2 nitrogen and oxygen atoms in total. The molecule has 0 aromatic rings. The lowest BCUT2D eigenvalue weighted by Gasteiger charge is -2.35. The van der Waals surface area contributed by atoms with Gasteiger partial charge in [0, 0.05) is 0 Å². The molecule has 0 radical (unpaired) electrons. The van der Waals surface area contributed by atoms with E-state index in [2.05, 4.69) is 6.92 Å². The summed E-state index contributed by atoms with van der Waals surface area (Å²) in [4.78, 5) is 0. The molecule has 0 bridgehead atoms. The zero-order valence-electron chi connectivity index (χ0n) is 10.5. The summed E-state index contributed by atoms with van der Waals surface area (Å²) in [5.41, 5.74) is 0. The highest BCUT2D eigenvalue weighted by Gasteiger charge is 2.29. The van der Waals surface area contributed by atoms with Crippen LogP contribution in [-0.4, -0.2) is 23.4 Å². The number of hydrogen-bond donors (Lipinski definition) is 1. The minimum Gasteiger partial charge on any atom is -0.390 e. The third-order valence-corrected chi connectivity index (χ3v) is 4.35. The van der Waals surface area contributed by atoms with E-state index in [1.54, 1.807) is 0 Å². The number of rotatable bonds is 3. The third-order valence-electron chi connectivity index (χ3n) is 4.35. The van der Waals surface area contributed by atoms with Crippen LogP contribution in [0.3, 0.4) is 0 Å². The Labute approximate surface area is 99.4 Å². The fourth-order valence-electron chi connectivity index (χ4n) is 3.22. The first-order valence-corrected chi connectivity index (χ1v) is 7.13.